The van der Waals surface area contributed by atoms with E-state index in [1.807, 2.05) is 30.3 Å². The molecule has 0 aromatic heterocycles. The Bertz CT molecular complexity index is 377. The van der Waals surface area contributed by atoms with Crippen molar-refractivity contribution in [2.75, 3.05) is 0 Å². The van der Waals surface area contributed by atoms with Crippen LogP contribution in [0, 0.1) is 5.92 Å². The number of benzene rings is 1. The van der Waals surface area contributed by atoms with Gasteiger partial charge in [0.1, 0.15) is 5.78 Å². The van der Waals surface area contributed by atoms with E-state index < -0.39 is 6.10 Å². The van der Waals surface area contributed by atoms with Crippen molar-refractivity contribution in [3.63, 3.8) is 0 Å². The number of ketones is 1. The minimum Gasteiger partial charge on any atom is -0.392 e. The molecule has 92 valence electrons. The fourth-order valence-corrected chi connectivity index (χ4v) is 2.58. The van der Waals surface area contributed by atoms with E-state index in [2.05, 4.69) is 0 Å². The number of rotatable bonds is 3. The quantitative estimate of drug-likeness (QED) is 0.826. The molecule has 2 rings (SSSR count). The first-order chi connectivity index (χ1) is 8.18. The van der Waals surface area contributed by atoms with E-state index in [0.29, 0.717) is 19.3 Å². The molecule has 1 aliphatic carbocycles. The highest BCUT2D eigenvalue weighted by atomic mass is 16.3. The monoisotopic (exact) mass is 233 g/mol. The lowest BCUT2D eigenvalue weighted by molar-refractivity contribution is -0.130. The molecule has 1 aliphatic rings. The van der Waals surface area contributed by atoms with Gasteiger partial charge in [-0.2, -0.15) is 0 Å². The number of nitrogens with two attached hydrogens (primary N) is 1. The Balaban J connectivity index is 2.03. The summed E-state index contributed by atoms with van der Waals surface area (Å²) < 4.78 is 0. The van der Waals surface area contributed by atoms with Crippen molar-refractivity contribution in [3.05, 3.63) is 35.9 Å². The van der Waals surface area contributed by atoms with Gasteiger partial charge in [-0.1, -0.05) is 30.3 Å². The molecule has 0 aliphatic heterocycles. The van der Waals surface area contributed by atoms with Gasteiger partial charge >= 0.3 is 0 Å². The predicted molar refractivity (Wildman–Crippen MR) is 66.5 cm³/mol. The molecule has 0 saturated heterocycles. The third kappa shape index (κ3) is 2.93. The molecule has 3 unspecified atom stereocenters. The molecule has 3 nitrogen and oxygen atoms in total. The molecule has 3 atom stereocenters. The van der Waals surface area contributed by atoms with Crippen molar-refractivity contribution in [1.82, 2.24) is 0 Å². The largest absolute Gasteiger partial charge is 0.392 e. The molecule has 0 amide bonds. The summed E-state index contributed by atoms with van der Waals surface area (Å²) in [5, 5.41) is 9.89. The van der Waals surface area contributed by atoms with Gasteiger partial charge < -0.3 is 10.8 Å². The zero-order valence-corrected chi connectivity index (χ0v) is 9.88. The van der Waals surface area contributed by atoms with E-state index in [0.717, 1.165) is 12.0 Å². The second-order valence-electron chi connectivity index (χ2n) is 4.81. The molecule has 0 heterocycles. The zero-order valence-electron chi connectivity index (χ0n) is 9.88. The summed E-state index contributed by atoms with van der Waals surface area (Å²) in [7, 11) is 0. The van der Waals surface area contributed by atoms with Crippen molar-refractivity contribution in [3.8, 4) is 0 Å². The summed E-state index contributed by atoms with van der Waals surface area (Å²) in [6.07, 6.45) is 2.13. The maximum Gasteiger partial charge on any atom is 0.140 e. The van der Waals surface area contributed by atoms with Gasteiger partial charge in [0.2, 0.25) is 0 Å². The third-order valence-electron chi connectivity index (χ3n) is 3.48. The first-order valence-electron chi connectivity index (χ1n) is 6.19. The highest BCUT2D eigenvalue weighted by Crippen LogP contribution is 2.25. The number of aliphatic hydroxyl groups excluding tert-OH is 1. The van der Waals surface area contributed by atoms with Crippen LogP contribution < -0.4 is 5.73 Å². The molecule has 1 saturated carbocycles. The first-order valence-corrected chi connectivity index (χ1v) is 6.19. The number of hydrogen-bond donors (Lipinski definition) is 2. The van der Waals surface area contributed by atoms with Crippen molar-refractivity contribution in [2.24, 2.45) is 11.7 Å². The van der Waals surface area contributed by atoms with Crippen molar-refractivity contribution in [1.29, 1.82) is 0 Å². The summed E-state index contributed by atoms with van der Waals surface area (Å²) in [4.78, 5) is 11.8. The van der Waals surface area contributed by atoms with Gasteiger partial charge in [0.15, 0.2) is 0 Å². The Labute approximate surface area is 102 Å². The molecule has 0 bridgehead atoms. The van der Waals surface area contributed by atoms with Crippen LogP contribution in [-0.2, 0) is 11.2 Å². The van der Waals surface area contributed by atoms with Gasteiger partial charge in [-0.05, 0) is 24.8 Å². The number of aliphatic hydroxyl groups is 1. The van der Waals surface area contributed by atoms with Crippen LogP contribution in [0.3, 0.4) is 0 Å². The van der Waals surface area contributed by atoms with Crippen LogP contribution >= 0.6 is 0 Å². The lowest BCUT2D eigenvalue weighted by Crippen LogP contribution is -2.46. The van der Waals surface area contributed by atoms with E-state index in [1.54, 1.807) is 0 Å². The number of carbonyl (C=O) groups excluding carboxylic acids is 1. The van der Waals surface area contributed by atoms with E-state index in [-0.39, 0.29) is 17.7 Å². The fraction of sp³-hybridized carbons (Fsp3) is 0.500. The second-order valence-corrected chi connectivity index (χ2v) is 4.81. The SMILES string of the molecule is NC(Cc1ccccc1)C1C(=O)CCCC1O. The third-order valence-corrected chi connectivity index (χ3v) is 3.48. The summed E-state index contributed by atoms with van der Waals surface area (Å²) in [5.41, 5.74) is 7.20. The van der Waals surface area contributed by atoms with Crippen LogP contribution in [0.1, 0.15) is 24.8 Å². The topological polar surface area (TPSA) is 63.3 Å². The van der Waals surface area contributed by atoms with E-state index in [1.165, 1.54) is 0 Å². The Hall–Kier alpha value is -1.19. The van der Waals surface area contributed by atoms with E-state index >= 15 is 0 Å². The maximum atomic E-state index is 11.8. The standard InChI is InChI=1S/C14H19NO2/c15-11(9-10-5-2-1-3-6-10)14-12(16)7-4-8-13(14)17/h1-3,5-6,11-12,14,16H,4,7-9,15H2. The van der Waals surface area contributed by atoms with Crippen molar-refractivity contribution in [2.45, 2.75) is 37.8 Å². The average molecular weight is 233 g/mol. The molecule has 1 fully saturated rings. The summed E-state index contributed by atoms with van der Waals surface area (Å²) in [6.45, 7) is 0. The van der Waals surface area contributed by atoms with Crippen LogP contribution in [0.4, 0.5) is 0 Å². The fourth-order valence-electron chi connectivity index (χ4n) is 2.58. The average Bonchev–Trinajstić information content (AvgIpc) is 2.30. The summed E-state index contributed by atoms with van der Waals surface area (Å²) in [5.74, 6) is -0.267. The minimum absolute atomic E-state index is 0.118. The molecule has 0 radical (unpaired) electrons. The van der Waals surface area contributed by atoms with E-state index in [4.69, 9.17) is 5.73 Å². The minimum atomic E-state index is -0.560. The molecule has 1 aromatic rings. The normalized spacial score (nSPS) is 26.8. The number of Topliss-reactive ketones (excluding diaryl/α,β-unsaturated/α-hetero) is 1. The van der Waals surface area contributed by atoms with Gasteiger partial charge in [0.25, 0.3) is 0 Å². The molecule has 1 aromatic carbocycles. The van der Waals surface area contributed by atoms with Crippen molar-refractivity contribution >= 4 is 5.78 Å². The maximum absolute atomic E-state index is 11.8. The lowest BCUT2D eigenvalue weighted by Gasteiger charge is -2.31. The highest BCUT2D eigenvalue weighted by Gasteiger charge is 2.34. The number of hydrogen-bond acceptors (Lipinski definition) is 3. The molecule has 3 heteroatoms. The molecule has 17 heavy (non-hydrogen) atoms. The molecular formula is C14H19NO2. The van der Waals surface area contributed by atoms with Gasteiger partial charge in [-0.25, -0.2) is 0 Å². The van der Waals surface area contributed by atoms with Crippen LogP contribution in [-0.4, -0.2) is 23.0 Å². The zero-order chi connectivity index (χ0) is 12.3. The van der Waals surface area contributed by atoms with Gasteiger partial charge in [0.05, 0.1) is 12.0 Å². The Morgan fingerprint density at radius 1 is 1.35 bits per heavy atom. The molecule has 3 N–H and O–H groups in total. The first kappa shape index (κ1) is 12.3. The van der Waals surface area contributed by atoms with Crippen LogP contribution in [0.5, 0.6) is 0 Å². The van der Waals surface area contributed by atoms with E-state index in [9.17, 15) is 9.90 Å². The summed E-state index contributed by atoms with van der Waals surface area (Å²) >= 11 is 0. The Morgan fingerprint density at radius 3 is 2.71 bits per heavy atom. The van der Waals surface area contributed by atoms with Gasteiger partial charge in [-0.15, -0.1) is 0 Å². The number of carbonyl (C=O) groups is 1. The molecule has 0 spiro atoms. The lowest BCUT2D eigenvalue weighted by atomic mass is 9.79. The Kier molecular flexibility index (Phi) is 3.92. The Morgan fingerprint density at radius 2 is 2.06 bits per heavy atom. The van der Waals surface area contributed by atoms with Gasteiger partial charge in [-0.3, -0.25) is 4.79 Å². The predicted octanol–water partition coefficient (Wildman–Crippen LogP) is 1.29. The highest BCUT2D eigenvalue weighted by molar-refractivity contribution is 5.83. The summed E-state index contributed by atoms with van der Waals surface area (Å²) in [6, 6.07) is 9.59. The van der Waals surface area contributed by atoms with Crippen LogP contribution in [0.25, 0.3) is 0 Å². The van der Waals surface area contributed by atoms with Crippen LogP contribution in [0.15, 0.2) is 30.3 Å². The van der Waals surface area contributed by atoms with Crippen molar-refractivity contribution < 1.29 is 9.90 Å². The second kappa shape index (κ2) is 5.43. The molecular weight excluding hydrogens is 214 g/mol. The van der Waals surface area contributed by atoms with Crippen LogP contribution in [0.2, 0.25) is 0 Å². The smallest absolute Gasteiger partial charge is 0.140 e. The van der Waals surface area contributed by atoms with Gasteiger partial charge in [0, 0.05) is 12.5 Å².